The van der Waals surface area contributed by atoms with Crippen molar-refractivity contribution in [2.45, 2.75) is 0 Å². The van der Waals surface area contributed by atoms with Crippen LogP contribution in [0.3, 0.4) is 0 Å². The second-order valence-electron chi connectivity index (χ2n) is 5.53. The average Bonchev–Trinajstić information content (AvgIpc) is 2.94. The van der Waals surface area contributed by atoms with Crippen LogP contribution in [0.2, 0.25) is 5.02 Å². The Hall–Kier alpha value is -2.83. The fourth-order valence-corrected chi connectivity index (χ4v) is 4.31. The molecule has 0 spiro atoms. The third-order valence-corrected chi connectivity index (χ3v) is 5.60. The number of nitrogen functional groups attached to an aromatic ring is 1. The number of nitrogens with two attached hydrogens (primary N) is 2. The number of fused-ring (bicyclic) bond motifs is 3. The molecule has 4 N–H and O–H groups in total. The first-order chi connectivity index (χ1) is 12.0. The number of carbonyl (C=O) groups excluding carboxylic acids is 1. The normalized spacial score (nSPS) is 11.2. The number of benzene rings is 2. The molecule has 0 aliphatic rings. The number of amides is 1. The highest BCUT2D eigenvalue weighted by Crippen LogP contribution is 2.38. The maximum absolute atomic E-state index is 13.1. The van der Waals surface area contributed by atoms with Crippen molar-refractivity contribution in [1.29, 1.82) is 0 Å². The molecule has 124 valence electrons. The standard InChI is InChI=1S/C18H12ClN3O2S/c19-11-7-3-4-8-12(11)22-17(24)10-6-2-1-5-9(10)13-14(20)15(16(21)23)25-18(13)22/h1-8H,20H2,(H2,21,23). The second-order valence-corrected chi connectivity index (χ2v) is 6.93. The van der Waals surface area contributed by atoms with Gasteiger partial charge in [-0.2, -0.15) is 0 Å². The van der Waals surface area contributed by atoms with Gasteiger partial charge < -0.3 is 11.5 Å². The van der Waals surface area contributed by atoms with E-state index in [4.69, 9.17) is 23.1 Å². The monoisotopic (exact) mass is 369 g/mol. The van der Waals surface area contributed by atoms with Crippen molar-refractivity contribution in [2.24, 2.45) is 5.73 Å². The molecule has 2 aromatic heterocycles. The molecule has 0 aliphatic carbocycles. The number of nitrogens with zero attached hydrogens (tertiary/aromatic N) is 1. The first-order valence-electron chi connectivity index (χ1n) is 7.41. The topological polar surface area (TPSA) is 91.1 Å². The van der Waals surface area contributed by atoms with Crippen molar-refractivity contribution in [1.82, 2.24) is 4.57 Å². The van der Waals surface area contributed by atoms with Crippen LogP contribution in [0.25, 0.3) is 26.7 Å². The Bertz CT molecular complexity index is 1230. The fourth-order valence-electron chi connectivity index (χ4n) is 2.98. The summed E-state index contributed by atoms with van der Waals surface area (Å²) in [5.74, 6) is -0.624. The number of primary amides is 1. The Morgan fingerprint density at radius 3 is 2.36 bits per heavy atom. The molecule has 0 unspecified atom stereocenters. The van der Waals surface area contributed by atoms with Gasteiger partial charge in [-0.1, -0.05) is 41.9 Å². The van der Waals surface area contributed by atoms with Crippen molar-refractivity contribution < 1.29 is 4.79 Å². The number of rotatable bonds is 2. The third kappa shape index (κ3) is 2.22. The molecule has 0 saturated carbocycles. The number of anilines is 1. The maximum atomic E-state index is 13.1. The number of hydrogen-bond donors (Lipinski definition) is 2. The van der Waals surface area contributed by atoms with E-state index >= 15 is 0 Å². The van der Waals surface area contributed by atoms with E-state index in [9.17, 15) is 9.59 Å². The molecule has 4 rings (SSSR count). The predicted molar refractivity (Wildman–Crippen MR) is 103 cm³/mol. The molecule has 0 bridgehead atoms. The lowest BCUT2D eigenvalue weighted by atomic mass is 10.1. The van der Waals surface area contributed by atoms with E-state index in [0.29, 0.717) is 31.7 Å². The Morgan fingerprint density at radius 2 is 1.68 bits per heavy atom. The molecule has 0 fully saturated rings. The van der Waals surface area contributed by atoms with Gasteiger partial charge in [0.1, 0.15) is 9.71 Å². The molecule has 7 heteroatoms. The second kappa shape index (κ2) is 5.61. The van der Waals surface area contributed by atoms with E-state index in [0.717, 1.165) is 11.3 Å². The quantitative estimate of drug-likeness (QED) is 0.566. The minimum absolute atomic E-state index is 0.228. The van der Waals surface area contributed by atoms with E-state index in [1.165, 1.54) is 4.57 Å². The summed E-state index contributed by atoms with van der Waals surface area (Å²) in [7, 11) is 0. The highest BCUT2D eigenvalue weighted by atomic mass is 35.5. The molecule has 2 aromatic carbocycles. The number of hydrogen-bond acceptors (Lipinski definition) is 4. The van der Waals surface area contributed by atoms with E-state index in [-0.39, 0.29) is 16.1 Å². The predicted octanol–water partition coefficient (Wildman–Crippen LogP) is 3.54. The molecule has 5 nitrogen and oxygen atoms in total. The number of carbonyl (C=O) groups is 1. The van der Waals surface area contributed by atoms with Gasteiger partial charge in [0, 0.05) is 10.8 Å². The van der Waals surface area contributed by atoms with Gasteiger partial charge in [-0.25, -0.2) is 0 Å². The Balaban J connectivity index is 2.31. The number of halogens is 1. The van der Waals surface area contributed by atoms with Gasteiger partial charge in [0.15, 0.2) is 0 Å². The fraction of sp³-hybridized carbons (Fsp3) is 0. The lowest BCUT2D eigenvalue weighted by molar-refractivity contribution is 0.100. The van der Waals surface area contributed by atoms with Crippen LogP contribution in [0.15, 0.2) is 53.3 Å². The lowest BCUT2D eigenvalue weighted by Crippen LogP contribution is -2.18. The summed E-state index contributed by atoms with van der Waals surface area (Å²) in [6.45, 7) is 0. The average molecular weight is 370 g/mol. The Kier molecular flexibility index (Phi) is 3.52. The summed E-state index contributed by atoms with van der Waals surface area (Å²) in [6.07, 6.45) is 0. The van der Waals surface area contributed by atoms with E-state index in [1.54, 1.807) is 36.4 Å². The highest BCUT2D eigenvalue weighted by molar-refractivity contribution is 7.21. The smallest absolute Gasteiger partial charge is 0.264 e. The van der Waals surface area contributed by atoms with Gasteiger partial charge >= 0.3 is 0 Å². The number of thiophene rings is 1. The highest BCUT2D eigenvalue weighted by Gasteiger charge is 2.22. The minimum atomic E-state index is -0.624. The van der Waals surface area contributed by atoms with Crippen molar-refractivity contribution >= 4 is 55.5 Å². The van der Waals surface area contributed by atoms with Crippen LogP contribution < -0.4 is 17.0 Å². The van der Waals surface area contributed by atoms with Crippen LogP contribution in [0, 0.1) is 0 Å². The van der Waals surface area contributed by atoms with Gasteiger partial charge in [-0.05, 0) is 23.6 Å². The van der Waals surface area contributed by atoms with Crippen molar-refractivity contribution in [3.05, 3.63) is 68.8 Å². The van der Waals surface area contributed by atoms with Crippen LogP contribution in [0.1, 0.15) is 9.67 Å². The molecule has 0 aliphatic heterocycles. The molecule has 0 atom stereocenters. The summed E-state index contributed by atoms with van der Waals surface area (Å²) in [5.41, 5.74) is 12.2. The molecule has 4 aromatic rings. The molecular formula is C18H12ClN3O2S. The number of pyridine rings is 1. The van der Waals surface area contributed by atoms with Crippen LogP contribution in [-0.2, 0) is 0 Å². The van der Waals surface area contributed by atoms with Crippen molar-refractivity contribution in [2.75, 3.05) is 5.73 Å². The summed E-state index contributed by atoms with van der Waals surface area (Å²) in [5, 5.41) is 2.24. The number of aromatic nitrogens is 1. The van der Waals surface area contributed by atoms with Gasteiger partial charge in [0.05, 0.1) is 16.4 Å². The zero-order valence-electron chi connectivity index (χ0n) is 12.8. The van der Waals surface area contributed by atoms with Crippen molar-refractivity contribution in [3.8, 4) is 5.69 Å². The zero-order valence-corrected chi connectivity index (χ0v) is 14.4. The lowest BCUT2D eigenvalue weighted by Gasteiger charge is -2.11. The van der Waals surface area contributed by atoms with Crippen molar-refractivity contribution in [3.63, 3.8) is 0 Å². The first kappa shape index (κ1) is 15.7. The van der Waals surface area contributed by atoms with Crippen LogP contribution in [-0.4, -0.2) is 10.5 Å². The van der Waals surface area contributed by atoms with Crippen LogP contribution in [0.5, 0.6) is 0 Å². The molecule has 0 radical (unpaired) electrons. The summed E-state index contributed by atoms with van der Waals surface area (Å²) in [4.78, 5) is 25.7. The zero-order chi connectivity index (χ0) is 17.7. The van der Waals surface area contributed by atoms with Crippen LogP contribution >= 0.6 is 22.9 Å². The minimum Gasteiger partial charge on any atom is -0.397 e. The van der Waals surface area contributed by atoms with Gasteiger partial charge in [0.2, 0.25) is 0 Å². The Labute approximate surface area is 151 Å². The molecule has 0 saturated heterocycles. The largest absolute Gasteiger partial charge is 0.397 e. The molecule has 1 amide bonds. The SMILES string of the molecule is NC(=O)c1sc2c(c1N)c1ccccc1c(=O)n2-c1ccccc1Cl. The maximum Gasteiger partial charge on any atom is 0.264 e. The molecule has 25 heavy (non-hydrogen) atoms. The van der Waals surface area contributed by atoms with Gasteiger partial charge in [-0.15, -0.1) is 11.3 Å². The summed E-state index contributed by atoms with van der Waals surface area (Å²) >= 11 is 7.41. The van der Waals surface area contributed by atoms with E-state index in [1.807, 2.05) is 12.1 Å². The van der Waals surface area contributed by atoms with E-state index < -0.39 is 5.91 Å². The van der Waals surface area contributed by atoms with Gasteiger partial charge in [0.25, 0.3) is 11.5 Å². The third-order valence-electron chi connectivity index (χ3n) is 4.08. The molecular weight excluding hydrogens is 358 g/mol. The van der Waals surface area contributed by atoms with Gasteiger partial charge in [-0.3, -0.25) is 14.2 Å². The Morgan fingerprint density at radius 1 is 1.04 bits per heavy atom. The van der Waals surface area contributed by atoms with Crippen LogP contribution in [0.4, 0.5) is 5.69 Å². The summed E-state index contributed by atoms with van der Waals surface area (Å²) < 4.78 is 1.49. The summed E-state index contributed by atoms with van der Waals surface area (Å²) in [6, 6.07) is 14.2. The number of para-hydroxylation sites is 1. The van der Waals surface area contributed by atoms with E-state index in [2.05, 4.69) is 0 Å². The molecule has 2 heterocycles. The first-order valence-corrected chi connectivity index (χ1v) is 8.60.